The summed E-state index contributed by atoms with van der Waals surface area (Å²) in [6.45, 7) is 0. The van der Waals surface area contributed by atoms with Crippen LogP contribution >= 0.6 is 11.3 Å². The summed E-state index contributed by atoms with van der Waals surface area (Å²) < 4.78 is 9.04. The molecule has 2 nitrogen and oxygen atoms in total. The Morgan fingerprint density at radius 1 is 0.364 bits per heavy atom. The van der Waals surface area contributed by atoms with Crippen molar-refractivity contribution in [1.29, 1.82) is 0 Å². The van der Waals surface area contributed by atoms with E-state index < -0.39 is 0 Å². The van der Waals surface area contributed by atoms with Gasteiger partial charge in [0, 0.05) is 59.5 Å². The number of hydrogen-bond donors (Lipinski definition) is 0. The number of rotatable bonds is 6. The third-order valence-corrected chi connectivity index (χ3v) is 12.1. The number of furan rings is 1. The zero-order valence-electron chi connectivity index (χ0n) is 29.8. The molecule has 0 unspecified atom stereocenters. The van der Waals surface area contributed by atoms with E-state index in [9.17, 15) is 0 Å². The molecule has 0 aliphatic carbocycles. The van der Waals surface area contributed by atoms with Gasteiger partial charge < -0.3 is 9.32 Å². The van der Waals surface area contributed by atoms with Gasteiger partial charge >= 0.3 is 0 Å². The highest BCUT2D eigenvalue weighted by Gasteiger charge is 2.21. The number of hydrogen-bond acceptors (Lipinski definition) is 3. The van der Waals surface area contributed by atoms with E-state index in [1.54, 1.807) is 0 Å². The minimum atomic E-state index is 0.870. The molecule has 55 heavy (non-hydrogen) atoms. The van der Waals surface area contributed by atoms with Gasteiger partial charge in [-0.3, -0.25) is 0 Å². The molecule has 0 saturated heterocycles. The van der Waals surface area contributed by atoms with Crippen molar-refractivity contribution in [3.63, 3.8) is 0 Å². The largest absolute Gasteiger partial charge is 0.456 e. The molecule has 0 saturated carbocycles. The fourth-order valence-electron chi connectivity index (χ4n) is 8.28. The standard InChI is InChI=1S/C52H33NOS/c1-2-16-40-35(12-1)13-10-20-41(40)37-15-9-14-36(32-37)34-26-28-38(29-27-34)53(39-30-31-44-43-18-4-7-24-49(43)54-50(44)33-39)48-23-6-3-17-42(48)46-21-11-22-47-45-19-5-8-25-51(45)55-52(46)47/h1-33H. The number of fused-ring (bicyclic) bond motifs is 7. The van der Waals surface area contributed by atoms with Crippen LogP contribution in [-0.2, 0) is 0 Å². The van der Waals surface area contributed by atoms with Crippen LogP contribution in [0, 0.1) is 0 Å². The molecular weight excluding hydrogens is 687 g/mol. The fraction of sp³-hybridized carbons (Fsp3) is 0. The lowest BCUT2D eigenvalue weighted by atomic mass is 9.95. The average Bonchev–Trinajstić information content (AvgIpc) is 3.82. The number of benzene rings is 9. The Labute approximate surface area is 322 Å². The lowest BCUT2D eigenvalue weighted by Gasteiger charge is -2.28. The van der Waals surface area contributed by atoms with Crippen LogP contribution in [0.25, 0.3) is 86.3 Å². The van der Waals surface area contributed by atoms with E-state index in [4.69, 9.17) is 4.42 Å². The molecule has 2 heterocycles. The Morgan fingerprint density at radius 2 is 1.00 bits per heavy atom. The molecule has 0 amide bonds. The Balaban J connectivity index is 1.06. The molecule has 0 aliphatic heterocycles. The second kappa shape index (κ2) is 12.9. The van der Waals surface area contributed by atoms with Crippen LogP contribution < -0.4 is 4.90 Å². The number of para-hydroxylation sites is 2. The summed E-state index contributed by atoms with van der Waals surface area (Å²) in [4.78, 5) is 2.38. The van der Waals surface area contributed by atoms with E-state index in [1.165, 1.54) is 64.3 Å². The summed E-state index contributed by atoms with van der Waals surface area (Å²) in [5, 5.41) is 7.35. The van der Waals surface area contributed by atoms with Crippen molar-refractivity contribution in [3.05, 3.63) is 200 Å². The lowest BCUT2D eigenvalue weighted by molar-refractivity contribution is 0.669. The van der Waals surface area contributed by atoms with Crippen molar-refractivity contribution in [2.24, 2.45) is 0 Å². The zero-order valence-corrected chi connectivity index (χ0v) is 30.6. The average molecular weight is 720 g/mol. The molecule has 11 aromatic rings. The van der Waals surface area contributed by atoms with Crippen LogP contribution in [0.15, 0.2) is 205 Å². The Hall–Kier alpha value is -6.94. The minimum Gasteiger partial charge on any atom is -0.456 e. The maximum atomic E-state index is 6.45. The van der Waals surface area contributed by atoms with Gasteiger partial charge in [-0.05, 0) is 81.6 Å². The second-order valence-corrected chi connectivity index (χ2v) is 15.1. The molecule has 0 bridgehead atoms. The Kier molecular flexibility index (Phi) is 7.39. The maximum Gasteiger partial charge on any atom is 0.137 e. The van der Waals surface area contributed by atoms with E-state index in [1.807, 2.05) is 23.5 Å². The van der Waals surface area contributed by atoms with Crippen LogP contribution in [-0.4, -0.2) is 0 Å². The minimum absolute atomic E-state index is 0.870. The lowest BCUT2D eigenvalue weighted by Crippen LogP contribution is -2.11. The van der Waals surface area contributed by atoms with Gasteiger partial charge in [-0.25, -0.2) is 0 Å². The third kappa shape index (κ3) is 5.32. The summed E-state index contributed by atoms with van der Waals surface area (Å²) in [5.74, 6) is 0. The van der Waals surface area contributed by atoms with E-state index in [2.05, 4.69) is 193 Å². The summed E-state index contributed by atoms with van der Waals surface area (Å²) in [5.41, 5.74) is 12.2. The summed E-state index contributed by atoms with van der Waals surface area (Å²) >= 11 is 1.87. The second-order valence-electron chi connectivity index (χ2n) is 14.1. The SMILES string of the molecule is c1cc(-c2ccc(N(c3ccc4c(c3)oc3ccccc34)c3ccccc3-c3cccc4c3sc3ccccc34)cc2)cc(-c2cccc3ccccc23)c1. The predicted octanol–water partition coefficient (Wildman–Crippen LogP) is 15.6. The highest BCUT2D eigenvalue weighted by molar-refractivity contribution is 7.26. The molecule has 0 radical (unpaired) electrons. The van der Waals surface area contributed by atoms with Gasteiger partial charge in [-0.1, -0.05) is 146 Å². The van der Waals surface area contributed by atoms with E-state index >= 15 is 0 Å². The quantitative estimate of drug-likeness (QED) is 0.170. The number of thiophene rings is 1. The van der Waals surface area contributed by atoms with Crippen LogP contribution in [0.4, 0.5) is 17.1 Å². The van der Waals surface area contributed by atoms with Crippen LogP contribution in [0.5, 0.6) is 0 Å². The van der Waals surface area contributed by atoms with Gasteiger partial charge in [0.05, 0.1) is 5.69 Å². The van der Waals surface area contributed by atoms with Gasteiger partial charge in [0.2, 0.25) is 0 Å². The van der Waals surface area contributed by atoms with Gasteiger partial charge in [0.1, 0.15) is 11.2 Å². The van der Waals surface area contributed by atoms with Crippen molar-refractivity contribution in [2.75, 3.05) is 4.90 Å². The van der Waals surface area contributed by atoms with E-state index in [0.29, 0.717) is 0 Å². The monoisotopic (exact) mass is 719 g/mol. The van der Waals surface area contributed by atoms with Gasteiger partial charge in [0.15, 0.2) is 0 Å². The first-order valence-electron chi connectivity index (χ1n) is 18.7. The first-order valence-corrected chi connectivity index (χ1v) is 19.5. The highest BCUT2D eigenvalue weighted by atomic mass is 32.1. The van der Waals surface area contributed by atoms with Crippen molar-refractivity contribution in [1.82, 2.24) is 0 Å². The maximum absolute atomic E-state index is 6.45. The molecule has 2 aromatic heterocycles. The molecule has 0 fully saturated rings. The Morgan fingerprint density at radius 3 is 1.93 bits per heavy atom. The number of nitrogens with zero attached hydrogens (tertiary/aromatic N) is 1. The first kappa shape index (κ1) is 31.6. The summed E-state index contributed by atoms with van der Waals surface area (Å²) in [6.07, 6.45) is 0. The van der Waals surface area contributed by atoms with Crippen LogP contribution in [0.3, 0.4) is 0 Å². The molecule has 0 spiro atoms. The van der Waals surface area contributed by atoms with Crippen molar-refractivity contribution in [3.8, 4) is 33.4 Å². The summed E-state index contributed by atoms with van der Waals surface area (Å²) in [7, 11) is 0. The fourth-order valence-corrected chi connectivity index (χ4v) is 9.51. The van der Waals surface area contributed by atoms with Crippen molar-refractivity contribution in [2.45, 2.75) is 0 Å². The molecule has 9 aromatic carbocycles. The van der Waals surface area contributed by atoms with Crippen molar-refractivity contribution >= 4 is 81.3 Å². The smallest absolute Gasteiger partial charge is 0.137 e. The third-order valence-electron chi connectivity index (χ3n) is 10.9. The van der Waals surface area contributed by atoms with Crippen LogP contribution in [0.2, 0.25) is 0 Å². The predicted molar refractivity (Wildman–Crippen MR) is 235 cm³/mol. The first-order chi connectivity index (χ1) is 27.3. The normalized spacial score (nSPS) is 11.6. The molecular formula is C52H33NOS. The summed E-state index contributed by atoms with van der Waals surface area (Å²) in [6, 6.07) is 72.2. The molecule has 3 heteroatoms. The highest BCUT2D eigenvalue weighted by Crippen LogP contribution is 2.47. The molecule has 0 N–H and O–H groups in total. The van der Waals surface area contributed by atoms with Gasteiger partial charge in [-0.15, -0.1) is 11.3 Å². The van der Waals surface area contributed by atoms with Gasteiger partial charge in [-0.2, -0.15) is 0 Å². The van der Waals surface area contributed by atoms with Gasteiger partial charge in [0.25, 0.3) is 0 Å². The molecule has 0 atom stereocenters. The Bertz CT molecular complexity index is 3220. The van der Waals surface area contributed by atoms with E-state index in [-0.39, 0.29) is 0 Å². The molecule has 258 valence electrons. The molecule has 0 aliphatic rings. The number of anilines is 3. The topological polar surface area (TPSA) is 16.4 Å². The van der Waals surface area contributed by atoms with E-state index in [0.717, 1.165) is 39.0 Å². The van der Waals surface area contributed by atoms with Crippen LogP contribution in [0.1, 0.15) is 0 Å². The zero-order chi connectivity index (χ0) is 36.3. The van der Waals surface area contributed by atoms with Crippen molar-refractivity contribution < 1.29 is 4.42 Å². The molecule has 11 rings (SSSR count).